The van der Waals surface area contributed by atoms with Crippen molar-refractivity contribution in [2.45, 2.75) is 6.18 Å². The summed E-state index contributed by atoms with van der Waals surface area (Å²) >= 11 is 0. The number of alkyl halides is 3. The van der Waals surface area contributed by atoms with Crippen molar-refractivity contribution in [3.8, 4) is 11.5 Å². The number of halogens is 3. The first kappa shape index (κ1) is 12.5. The summed E-state index contributed by atoms with van der Waals surface area (Å²) in [6.45, 7) is -1.28. The molecular weight excluding hydrogens is 245 g/mol. The number of methoxy groups -OCH3 is 1. The van der Waals surface area contributed by atoms with Crippen molar-refractivity contribution in [2.24, 2.45) is 0 Å². The van der Waals surface area contributed by atoms with E-state index in [1.807, 2.05) is 6.07 Å². The van der Waals surface area contributed by atoms with Gasteiger partial charge in [-0.3, -0.25) is 0 Å². The summed E-state index contributed by atoms with van der Waals surface area (Å²) < 4.78 is 45.8. The van der Waals surface area contributed by atoms with Crippen LogP contribution in [-0.2, 0) is 0 Å². The maximum absolute atomic E-state index is 12.0. The molecule has 96 valence electrons. The summed E-state index contributed by atoms with van der Waals surface area (Å²) in [4.78, 5) is 0. The Morgan fingerprint density at radius 2 is 1.50 bits per heavy atom. The van der Waals surface area contributed by atoms with Gasteiger partial charge in [-0.2, -0.15) is 13.2 Å². The van der Waals surface area contributed by atoms with Crippen LogP contribution in [0.1, 0.15) is 0 Å². The standard InChI is InChI=1S/C13H11F3O2/c1-17-11-4-2-10-7-12(5-3-9(10)6-11)18-8-13(14,15)16/h2-7H,8H2,1H3. The average Bonchev–Trinajstić information content (AvgIpc) is 2.34. The summed E-state index contributed by atoms with van der Waals surface area (Å²) in [5.41, 5.74) is 0. The van der Waals surface area contributed by atoms with Crippen LogP contribution in [0.2, 0.25) is 0 Å². The van der Waals surface area contributed by atoms with E-state index < -0.39 is 12.8 Å². The van der Waals surface area contributed by atoms with Gasteiger partial charge in [0.1, 0.15) is 11.5 Å². The third-order valence-corrected chi connectivity index (χ3v) is 2.42. The van der Waals surface area contributed by atoms with Crippen molar-refractivity contribution in [1.29, 1.82) is 0 Å². The zero-order chi connectivity index (χ0) is 13.2. The second-order valence-electron chi connectivity index (χ2n) is 3.78. The van der Waals surface area contributed by atoms with Gasteiger partial charge in [0.25, 0.3) is 0 Å². The fourth-order valence-corrected chi connectivity index (χ4v) is 1.58. The maximum atomic E-state index is 12.0. The number of fused-ring (bicyclic) bond motifs is 1. The van der Waals surface area contributed by atoms with Gasteiger partial charge in [-0.25, -0.2) is 0 Å². The van der Waals surface area contributed by atoms with Crippen molar-refractivity contribution in [3.63, 3.8) is 0 Å². The molecule has 0 atom stereocenters. The minimum atomic E-state index is -4.32. The third kappa shape index (κ3) is 3.06. The lowest BCUT2D eigenvalue weighted by Gasteiger charge is -2.10. The zero-order valence-electron chi connectivity index (χ0n) is 9.62. The van der Waals surface area contributed by atoms with E-state index in [4.69, 9.17) is 4.74 Å². The lowest BCUT2D eigenvalue weighted by molar-refractivity contribution is -0.153. The molecule has 0 N–H and O–H groups in total. The van der Waals surface area contributed by atoms with Crippen molar-refractivity contribution >= 4 is 10.8 Å². The Bertz CT molecular complexity index is 549. The number of hydrogen-bond donors (Lipinski definition) is 0. The molecule has 0 saturated heterocycles. The van der Waals surface area contributed by atoms with E-state index in [2.05, 4.69) is 4.74 Å². The van der Waals surface area contributed by atoms with Crippen molar-refractivity contribution in [3.05, 3.63) is 36.4 Å². The van der Waals surface area contributed by atoms with E-state index in [9.17, 15) is 13.2 Å². The van der Waals surface area contributed by atoms with Crippen molar-refractivity contribution in [2.75, 3.05) is 13.7 Å². The van der Waals surface area contributed by atoms with Crippen molar-refractivity contribution < 1.29 is 22.6 Å². The Kier molecular flexibility index (Phi) is 3.32. The first-order chi connectivity index (χ1) is 8.48. The monoisotopic (exact) mass is 256 g/mol. The molecule has 0 radical (unpaired) electrons. The third-order valence-electron chi connectivity index (χ3n) is 2.42. The van der Waals surface area contributed by atoms with Gasteiger partial charge < -0.3 is 9.47 Å². The van der Waals surface area contributed by atoms with Crippen LogP contribution < -0.4 is 9.47 Å². The number of hydrogen-bond acceptors (Lipinski definition) is 2. The quantitative estimate of drug-likeness (QED) is 0.831. The Morgan fingerprint density at radius 3 is 2.06 bits per heavy atom. The average molecular weight is 256 g/mol. The number of rotatable bonds is 3. The van der Waals surface area contributed by atoms with Gasteiger partial charge in [0.2, 0.25) is 0 Å². The molecule has 2 aromatic carbocycles. The molecule has 0 aliphatic rings. The maximum Gasteiger partial charge on any atom is 0.422 e. The molecule has 0 aliphatic heterocycles. The van der Waals surface area contributed by atoms with Crippen LogP contribution in [0.15, 0.2) is 36.4 Å². The predicted molar refractivity (Wildman–Crippen MR) is 62.1 cm³/mol. The van der Waals surface area contributed by atoms with Crippen LogP contribution >= 0.6 is 0 Å². The highest BCUT2D eigenvalue weighted by Crippen LogP contribution is 2.26. The molecule has 5 heteroatoms. The fraction of sp³-hybridized carbons (Fsp3) is 0.231. The van der Waals surface area contributed by atoms with Crippen LogP contribution in [0.4, 0.5) is 13.2 Å². The predicted octanol–water partition coefficient (Wildman–Crippen LogP) is 3.79. The first-order valence-electron chi connectivity index (χ1n) is 5.25. The molecule has 2 aromatic rings. The smallest absolute Gasteiger partial charge is 0.422 e. The molecule has 0 fully saturated rings. The summed E-state index contributed by atoms with van der Waals surface area (Å²) in [5, 5.41) is 1.68. The molecule has 0 unspecified atom stereocenters. The molecule has 2 nitrogen and oxygen atoms in total. The molecular formula is C13H11F3O2. The zero-order valence-corrected chi connectivity index (χ0v) is 9.62. The Hall–Kier alpha value is -1.91. The molecule has 18 heavy (non-hydrogen) atoms. The lowest BCUT2D eigenvalue weighted by Crippen LogP contribution is -2.19. The second kappa shape index (κ2) is 4.76. The molecule has 0 saturated carbocycles. The molecule has 0 amide bonds. The Balaban J connectivity index is 2.22. The molecule has 0 spiro atoms. The van der Waals surface area contributed by atoms with Gasteiger partial charge in [0.15, 0.2) is 6.61 Å². The Labute approximate surface area is 102 Å². The summed E-state index contributed by atoms with van der Waals surface area (Å²) in [5.74, 6) is 0.899. The highest BCUT2D eigenvalue weighted by molar-refractivity contribution is 5.85. The molecule has 0 aromatic heterocycles. The normalized spacial score (nSPS) is 11.6. The van der Waals surface area contributed by atoms with Crippen LogP contribution in [0.25, 0.3) is 10.8 Å². The minimum Gasteiger partial charge on any atom is -0.497 e. The van der Waals surface area contributed by atoms with Gasteiger partial charge in [-0.15, -0.1) is 0 Å². The minimum absolute atomic E-state index is 0.199. The largest absolute Gasteiger partial charge is 0.497 e. The van der Waals surface area contributed by atoms with Crippen LogP contribution in [0.3, 0.4) is 0 Å². The van der Waals surface area contributed by atoms with Gasteiger partial charge in [0, 0.05) is 0 Å². The molecule has 0 heterocycles. The van der Waals surface area contributed by atoms with Crippen LogP contribution in [-0.4, -0.2) is 19.9 Å². The van der Waals surface area contributed by atoms with E-state index >= 15 is 0 Å². The van der Waals surface area contributed by atoms with Crippen molar-refractivity contribution in [1.82, 2.24) is 0 Å². The van der Waals surface area contributed by atoms with Gasteiger partial charge in [0.05, 0.1) is 7.11 Å². The van der Waals surface area contributed by atoms with E-state index in [0.717, 1.165) is 10.8 Å². The van der Waals surface area contributed by atoms with E-state index in [-0.39, 0.29) is 5.75 Å². The highest BCUT2D eigenvalue weighted by atomic mass is 19.4. The topological polar surface area (TPSA) is 18.5 Å². The molecule has 0 bridgehead atoms. The van der Waals surface area contributed by atoms with E-state index in [1.165, 1.54) is 6.07 Å². The van der Waals surface area contributed by atoms with Gasteiger partial charge >= 0.3 is 6.18 Å². The number of benzene rings is 2. The summed E-state index contributed by atoms with van der Waals surface area (Å²) in [6, 6.07) is 10.1. The first-order valence-corrected chi connectivity index (χ1v) is 5.25. The van der Waals surface area contributed by atoms with Crippen LogP contribution in [0, 0.1) is 0 Å². The summed E-state index contributed by atoms with van der Waals surface area (Å²) in [7, 11) is 1.56. The lowest BCUT2D eigenvalue weighted by atomic mass is 10.1. The SMILES string of the molecule is COc1ccc2cc(OCC(F)(F)F)ccc2c1. The van der Waals surface area contributed by atoms with Gasteiger partial charge in [-0.05, 0) is 35.0 Å². The Morgan fingerprint density at radius 1 is 0.944 bits per heavy atom. The van der Waals surface area contributed by atoms with Crippen LogP contribution in [0.5, 0.6) is 11.5 Å². The van der Waals surface area contributed by atoms with E-state index in [0.29, 0.717) is 5.75 Å². The second-order valence-corrected chi connectivity index (χ2v) is 3.78. The summed E-state index contributed by atoms with van der Waals surface area (Å²) in [6.07, 6.45) is -4.32. The fourth-order valence-electron chi connectivity index (χ4n) is 1.58. The molecule has 2 rings (SSSR count). The van der Waals surface area contributed by atoms with Gasteiger partial charge in [-0.1, -0.05) is 12.1 Å². The number of ether oxygens (including phenoxy) is 2. The molecule has 0 aliphatic carbocycles. The van der Waals surface area contributed by atoms with E-state index in [1.54, 1.807) is 31.4 Å². The highest BCUT2D eigenvalue weighted by Gasteiger charge is 2.28.